The van der Waals surface area contributed by atoms with E-state index in [1.807, 2.05) is 12.1 Å². The summed E-state index contributed by atoms with van der Waals surface area (Å²) in [7, 11) is 2.55. The van der Waals surface area contributed by atoms with Crippen LogP contribution >= 0.6 is 0 Å². The van der Waals surface area contributed by atoms with E-state index in [1.165, 1.54) is 20.3 Å². The molecule has 2 aromatic rings. The van der Waals surface area contributed by atoms with Crippen molar-refractivity contribution >= 4 is 23.3 Å². The molecule has 0 atom stereocenters. The van der Waals surface area contributed by atoms with Crippen molar-refractivity contribution in [1.82, 2.24) is 0 Å². The second kappa shape index (κ2) is 7.14. The van der Waals surface area contributed by atoms with Gasteiger partial charge < -0.3 is 14.8 Å². The van der Waals surface area contributed by atoms with E-state index in [4.69, 9.17) is 15.9 Å². The van der Waals surface area contributed by atoms with E-state index in [1.54, 1.807) is 24.3 Å². The molecular formula is C18H15NO4. The lowest BCUT2D eigenvalue weighted by molar-refractivity contribution is 0.0599. The highest BCUT2D eigenvalue weighted by molar-refractivity contribution is 5.97. The minimum atomic E-state index is -0.545. The molecule has 0 bridgehead atoms. The molecule has 5 nitrogen and oxygen atoms in total. The fourth-order valence-corrected chi connectivity index (χ4v) is 2.02. The van der Waals surface area contributed by atoms with Gasteiger partial charge in [0.2, 0.25) is 0 Å². The highest BCUT2D eigenvalue weighted by atomic mass is 16.5. The summed E-state index contributed by atoms with van der Waals surface area (Å²) >= 11 is 0. The van der Waals surface area contributed by atoms with Gasteiger partial charge in [-0.25, -0.2) is 9.59 Å². The molecule has 2 aromatic carbocycles. The molecule has 0 saturated heterocycles. The third-order valence-corrected chi connectivity index (χ3v) is 3.09. The Morgan fingerprint density at radius 2 is 1.57 bits per heavy atom. The Morgan fingerprint density at radius 3 is 2.09 bits per heavy atom. The average molecular weight is 309 g/mol. The second-order valence-corrected chi connectivity index (χ2v) is 4.63. The molecule has 23 heavy (non-hydrogen) atoms. The van der Waals surface area contributed by atoms with Gasteiger partial charge in [-0.15, -0.1) is 6.42 Å². The average Bonchev–Trinajstić information content (AvgIpc) is 2.60. The standard InChI is InChI=1S/C18H15NO4/c1-4-12-6-5-7-15(8-12)19-16-10-13(17(20)22-2)9-14(11-16)18(21)23-3/h1,5-11,19H,2-3H3. The lowest BCUT2D eigenvalue weighted by Crippen LogP contribution is -2.07. The highest BCUT2D eigenvalue weighted by Crippen LogP contribution is 2.22. The number of nitrogens with one attached hydrogen (secondary N) is 1. The first-order valence-electron chi connectivity index (χ1n) is 6.73. The topological polar surface area (TPSA) is 64.6 Å². The molecule has 0 aliphatic carbocycles. The summed E-state index contributed by atoms with van der Waals surface area (Å²) in [5.41, 5.74) is 2.48. The van der Waals surface area contributed by atoms with Crippen LogP contribution in [-0.2, 0) is 9.47 Å². The van der Waals surface area contributed by atoms with E-state index < -0.39 is 11.9 Å². The van der Waals surface area contributed by atoms with Crippen molar-refractivity contribution in [1.29, 1.82) is 0 Å². The predicted molar refractivity (Wildman–Crippen MR) is 86.8 cm³/mol. The summed E-state index contributed by atoms with van der Waals surface area (Å²) in [6.45, 7) is 0. The summed E-state index contributed by atoms with van der Waals surface area (Å²) in [6, 6.07) is 11.8. The van der Waals surface area contributed by atoms with Crippen LogP contribution in [-0.4, -0.2) is 26.2 Å². The molecule has 5 heteroatoms. The van der Waals surface area contributed by atoms with Crippen LogP contribution < -0.4 is 5.32 Å². The van der Waals surface area contributed by atoms with E-state index in [2.05, 4.69) is 11.2 Å². The predicted octanol–water partition coefficient (Wildman–Crippen LogP) is 2.98. The Hall–Kier alpha value is -3.26. The summed E-state index contributed by atoms with van der Waals surface area (Å²) in [5, 5.41) is 3.11. The Labute approximate surface area is 134 Å². The smallest absolute Gasteiger partial charge is 0.337 e. The van der Waals surface area contributed by atoms with Gasteiger partial charge in [0.1, 0.15) is 0 Å². The number of esters is 2. The molecule has 0 aliphatic rings. The summed E-state index contributed by atoms with van der Waals surface area (Å²) in [6.07, 6.45) is 5.38. The molecule has 0 aromatic heterocycles. The van der Waals surface area contributed by atoms with Gasteiger partial charge in [-0.1, -0.05) is 12.0 Å². The highest BCUT2D eigenvalue weighted by Gasteiger charge is 2.14. The van der Waals surface area contributed by atoms with Crippen LogP contribution in [0.1, 0.15) is 26.3 Å². The Kier molecular flexibility index (Phi) is 5.00. The zero-order chi connectivity index (χ0) is 16.8. The van der Waals surface area contributed by atoms with Crippen LogP contribution in [0, 0.1) is 12.3 Å². The number of carbonyl (C=O) groups excluding carboxylic acids is 2. The zero-order valence-corrected chi connectivity index (χ0v) is 12.8. The second-order valence-electron chi connectivity index (χ2n) is 4.63. The van der Waals surface area contributed by atoms with Crippen molar-refractivity contribution in [3.8, 4) is 12.3 Å². The first-order chi connectivity index (χ1) is 11.1. The van der Waals surface area contributed by atoms with E-state index >= 15 is 0 Å². The summed E-state index contributed by atoms with van der Waals surface area (Å²) in [4.78, 5) is 23.5. The number of carbonyl (C=O) groups is 2. The third kappa shape index (κ3) is 3.89. The van der Waals surface area contributed by atoms with Crippen molar-refractivity contribution in [2.45, 2.75) is 0 Å². The van der Waals surface area contributed by atoms with Crippen molar-refractivity contribution in [3.63, 3.8) is 0 Å². The first kappa shape index (κ1) is 16.1. The molecule has 0 saturated carbocycles. The number of methoxy groups -OCH3 is 2. The monoisotopic (exact) mass is 309 g/mol. The van der Waals surface area contributed by atoms with E-state index in [0.717, 1.165) is 5.69 Å². The molecule has 116 valence electrons. The first-order valence-corrected chi connectivity index (χ1v) is 6.73. The van der Waals surface area contributed by atoms with Gasteiger partial charge in [0, 0.05) is 16.9 Å². The molecular weight excluding hydrogens is 294 g/mol. The summed E-state index contributed by atoms with van der Waals surface area (Å²) in [5.74, 6) is 1.45. The molecule has 0 aliphatic heterocycles. The molecule has 0 spiro atoms. The number of rotatable bonds is 4. The zero-order valence-electron chi connectivity index (χ0n) is 12.8. The number of anilines is 2. The van der Waals surface area contributed by atoms with E-state index in [0.29, 0.717) is 11.3 Å². The maximum Gasteiger partial charge on any atom is 0.337 e. The Balaban J connectivity index is 2.42. The van der Waals surface area contributed by atoms with Gasteiger partial charge in [0.25, 0.3) is 0 Å². The summed E-state index contributed by atoms with van der Waals surface area (Å²) < 4.78 is 9.40. The third-order valence-electron chi connectivity index (χ3n) is 3.09. The van der Waals surface area contributed by atoms with Crippen molar-refractivity contribution < 1.29 is 19.1 Å². The molecule has 2 rings (SSSR count). The number of terminal acetylenes is 1. The lowest BCUT2D eigenvalue weighted by Gasteiger charge is -2.10. The number of hydrogen-bond acceptors (Lipinski definition) is 5. The van der Waals surface area contributed by atoms with Gasteiger partial charge >= 0.3 is 11.9 Å². The lowest BCUT2D eigenvalue weighted by atomic mass is 10.1. The molecule has 1 N–H and O–H groups in total. The molecule has 0 unspecified atom stereocenters. The SMILES string of the molecule is C#Cc1cccc(Nc2cc(C(=O)OC)cc(C(=O)OC)c2)c1. The fraction of sp³-hybridized carbons (Fsp3) is 0.111. The maximum atomic E-state index is 11.8. The van der Waals surface area contributed by atoms with Crippen molar-refractivity contribution in [2.75, 3.05) is 19.5 Å². The van der Waals surface area contributed by atoms with Crippen LogP contribution in [0.15, 0.2) is 42.5 Å². The van der Waals surface area contributed by atoms with Crippen LogP contribution in [0.2, 0.25) is 0 Å². The fourth-order valence-electron chi connectivity index (χ4n) is 2.02. The van der Waals surface area contributed by atoms with Crippen LogP contribution in [0.25, 0.3) is 0 Å². The molecule has 0 radical (unpaired) electrons. The largest absolute Gasteiger partial charge is 0.465 e. The van der Waals surface area contributed by atoms with Crippen LogP contribution in [0.3, 0.4) is 0 Å². The van der Waals surface area contributed by atoms with Crippen LogP contribution in [0.4, 0.5) is 11.4 Å². The maximum absolute atomic E-state index is 11.8. The van der Waals surface area contributed by atoms with Gasteiger partial charge in [0.05, 0.1) is 25.3 Å². The van der Waals surface area contributed by atoms with Gasteiger partial charge in [-0.2, -0.15) is 0 Å². The quantitative estimate of drug-likeness (QED) is 0.695. The Morgan fingerprint density at radius 1 is 0.957 bits per heavy atom. The molecule has 0 heterocycles. The van der Waals surface area contributed by atoms with E-state index in [9.17, 15) is 9.59 Å². The van der Waals surface area contributed by atoms with Gasteiger partial charge in [-0.05, 0) is 36.4 Å². The number of benzene rings is 2. The van der Waals surface area contributed by atoms with Gasteiger partial charge in [0.15, 0.2) is 0 Å². The number of hydrogen-bond donors (Lipinski definition) is 1. The van der Waals surface area contributed by atoms with Gasteiger partial charge in [-0.3, -0.25) is 0 Å². The van der Waals surface area contributed by atoms with Crippen LogP contribution in [0.5, 0.6) is 0 Å². The minimum absolute atomic E-state index is 0.242. The van der Waals surface area contributed by atoms with E-state index in [-0.39, 0.29) is 11.1 Å². The minimum Gasteiger partial charge on any atom is -0.465 e. The molecule has 0 fully saturated rings. The molecule has 0 amide bonds. The normalized spacial score (nSPS) is 9.61. The van der Waals surface area contributed by atoms with Crippen molar-refractivity contribution in [2.24, 2.45) is 0 Å². The van der Waals surface area contributed by atoms with Crippen molar-refractivity contribution in [3.05, 3.63) is 59.2 Å². The number of ether oxygens (including phenoxy) is 2. The Bertz CT molecular complexity index is 756.